The molecule has 7 nitrogen and oxygen atoms in total. The first kappa shape index (κ1) is 21.0. The average molecular weight is 467 g/mol. The topological polar surface area (TPSA) is 68.1 Å². The summed E-state index contributed by atoms with van der Waals surface area (Å²) < 4.78 is 8.25. The molecule has 3 atom stereocenters. The number of aromatic nitrogens is 4. The minimum Gasteiger partial charge on any atom is -0.371 e. The molecular formula is C28H30N6O. The Hall–Kier alpha value is -3.29. The number of anilines is 1. The highest BCUT2D eigenvalue weighted by Crippen LogP contribution is 2.34. The Morgan fingerprint density at radius 1 is 0.914 bits per heavy atom. The summed E-state index contributed by atoms with van der Waals surface area (Å²) in [6.45, 7) is 3.30. The van der Waals surface area contributed by atoms with Gasteiger partial charge >= 0.3 is 0 Å². The van der Waals surface area contributed by atoms with Gasteiger partial charge in [-0.15, -0.1) is 0 Å². The molecule has 1 N–H and O–H groups in total. The molecule has 4 aromatic rings. The van der Waals surface area contributed by atoms with Crippen molar-refractivity contribution in [3.63, 3.8) is 0 Å². The number of nitrogens with zero attached hydrogens (tertiary/aromatic N) is 5. The van der Waals surface area contributed by atoms with E-state index in [4.69, 9.17) is 19.7 Å². The first-order chi connectivity index (χ1) is 17.3. The molecule has 178 valence electrons. The van der Waals surface area contributed by atoms with Gasteiger partial charge in [-0.25, -0.2) is 15.0 Å². The van der Waals surface area contributed by atoms with E-state index in [1.165, 1.54) is 24.8 Å². The van der Waals surface area contributed by atoms with Gasteiger partial charge in [-0.2, -0.15) is 0 Å². The quantitative estimate of drug-likeness (QED) is 0.485. The average Bonchev–Trinajstić information content (AvgIpc) is 3.24. The first-order valence-electron chi connectivity index (χ1n) is 12.8. The van der Waals surface area contributed by atoms with Gasteiger partial charge in [0.25, 0.3) is 0 Å². The second kappa shape index (κ2) is 8.73. The van der Waals surface area contributed by atoms with Gasteiger partial charge in [-0.1, -0.05) is 36.4 Å². The molecule has 2 bridgehead atoms. The van der Waals surface area contributed by atoms with Crippen LogP contribution in [-0.4, -0.2) is 51.3 Å². The summed E-state index contributed by atoms with van der Waals surface area (Å²) in [6, 6.07) is 18.2. The summed E-state index contributed by atoms with van der Waals surface area (Å²) in [6.07, 6.45) is 8.89. The highest BCUT2D eigenvalue weighted by atomic mass is 16.5. The molecule has 0 radical (unpaired) electrons. The Morgan fingerprint density at radius 3 is 2.66 bits per heavy atom. The molecule has 2 saturated heterocycles. The molecule has 3 aliphatic heterocycles. The highest BCUT2D eigenvalue weighted by molar-refractivity contribution is 5.83. The van der Waals surface area contributed by atoms with Crippen LogP contribution < -0.4 is 10.2 Å². The highest BCUT2D eigenvalue weighted by Gasteiger charge is 2.34. The number of nitrogens with one attached hydrogen (secondary N) is 1. The van der Waals surface area contributed by atoms with Crippen LogP contribution in [0, 0.1) is 0 Å². The Kier molecular flexibility index (Phi) is 5.25. The van der Waals surface area contributed by atoms with Gasteiger partial charge < -0.3 is 19.5 Å². The normalized spacial score (nSPS) is 24.2. The van der Waals surface area contributed by atoms with E-state index >= 15 is 0 Å². The zero-order chi connectivity index (χ0) is 23.2. The largest absolute Gasteiger partial charge is 0.371 e. The van der Waals surface area contributed by atoms with Crippen molar-refractivity contribution in [2.75, 3.05) is 24.6 Å². The lowest BCUT2D eigenvalue weighted by atomic mass is 9.95. The number of benzene rings is 2. The monoisotopic (exact) mass is 466 g/mol. The Morgan fingerprint density at radius 2 is 1.77 bits per heavy atom. The van der Waals surface area contributed by atoms with E-state index in [1.807, 2.05) is 12.4 Å². The molecule has 0 spiro atoms. The molecule has 2 aromatic carbocycles. The van der Waals surface area contributed by atoms with Crippen molar-refractivity contribution in [2.24, 2.45) is 0 Å². The fraction of sp³-hybridized carbons (Fsp3) is 0.393. The Labute approximate surface area is 205 Å². The number of fused-ring (bicyclic) bond motifs is 5. The fourth-order valence-corrected chi connectivity index (χ4v) is 6.15. The third kappa shape index (κ3) is 3.70. The predicted molar refractivity (Wildman–Crippen MR) is 136 cm³/mol. The lowest BCUT2D eigenvalue weighted by Gasteiger charge is -2.40. The van der Waals surface area contributed by atoms with E-state index in [-0.39, 0.29) is 6.04 Å². The van der Waals surface area contributed by atoms with Gasteiger partial charge in [0.2, 0.25) is 5.95 Å². The van der Waals surface area contributed by atoms with E-state index in [2.05, 4.69) is 63.3 Å². The van der Waals surface area contributed by atoms with Crippen LogP contribution in [0.15, 0.2) is 60.9 Å². The second-order valence-corrected chi connectivity index (χ2v) is 9.95. The molecule has 5 heterocycles. The van der Waals surface area contributed by atoms with Crippen LogP contribution in [0.25, 0.3) is 22.2 Å². The van der Waals surface area contributed by atoms with E-state index in [1.54, 1.807) is 0 Å². The third-order valence-electron chi connectivity index (χ3n) is 7.86. The molecule has 0 aliphatic carbocycles. The van der Waals surface area contributed by atoms with Crippen molar-refractivity contribution in [2.45, 2.75) is 50.4 Å². The predicted octanol–water partition coefficient (Wildman–Crippen LogP) is 4.33. The van der Waals surface area contributed by atoms with Crippen LogP contribution in [0.5, 0.6) is 0 Å². The van der Waals surface area contributed by atoms with Crippen LogP contribution in [0.3, 0.4) is 0 Å². The van der Waals surface area contributed by atoms with Crippen molar-refractivity contribution < 1.29 is 4.74 Å². The molecule has 7 heteroatoms. The SMILES string of the molecule is c1ccc([C@H]2COCc3nc4ccc(-c5cnc(N6[C@H]7CCC[C@@H]6CNCC7)nc5)cc4n32)cc1. The van der Waals surface area contributed by atoms with Crippen LogP contribution in [0.2, 0.25) is 0 Å². The maximum Gasteiger partial charge on any atom is 0.225 e. The minimum atomic E-state index is 0.120. The van der Waals surface area contributed by atoms with E-state index in [0.717, 1.165) is 53.4 Å². The molecule has 0 unspecified atom stereocenters. The van der Waals surface area contributed by atoms with Crippen LogP contribution in [0.4, 0.5) is 5.95 Å². The number of hydrogen-bond donors (Lipinski definition) is 1. The molecular weight excluding hydrogens is 436 g/mol. The molecule has 2 aromatic heterocycles. The van der Waals surface area contributed by atoms with Gasteiger partial charge in [0, 0.05) is 36.6 Å². The summed E-state index contributed by atoms with van der Waals surface area (Å²) in [4.78, 5) is 17.1. The molecule has 7 rings (SSSR count). The lowest BCUT2D eigenvalue weighted by molar-refractivity contribution is 0.0679. The summed E-state index contributed by atoms with van der Waals surface area (Å²) >= 11 is 0. The number of ether oxygens (including phenoxy) is 1. The maximum atomic E-state index is 5.91. The molecule has 0 saturated carbocycles. The second-order valence-electron chi connectivity index (χ2n) is 9.95. The van der Waals surface area contributed by atoms with Gasteiger partial charge in [0.1, 0.15) is 12.4 Å². The Bertz CT molecular complexity index is 1320. The summed E-state index contributed by atoms with van der Waals surface area (Å²) in [5, 5.41) is 3.60. The van der Waals surface area contributed by atoms with E-state index in [0.29, 0.717) is 25.3 Å². The summed E-state index contributed by atoms with van der Waals surface area (Å²) in [5.74, 6) is 1.85. The lowest BCUT2D eigenvalue weighted by Crippen LogP contribution is -2.48. The van der Waals surface area contributed by atoms with Crippen molar-refractivity contribution >= 4 is 17.0 Å². The summed E-state index contributed by atoms with van der Waals surface area (Å²) in [7, 11) is 0. The van der Waals surface area contributed by atoms with Gasteiger partial charge in [0.05, 0.1) is 23.7 Å². The molecule has 2 fully saturated rings. The number of imidazole rings is 1. The van der Waals surface area contributed by atoms with E-state index < -0.39 is 0 Å². The molecule has 3 aliphatic rings. The van der Waals surface area contributed by atoms with Crippen LogP contribution in [-0.2, 0) is 11.3 Å². The standard InChI is InChI=1S/C28H30N6O/c1-2-5-19(6-3-1)26-17-35-18-27-32-24-10-9-20(13-25(24)34(26)27)21-14-30-28(31-15-21)33-22-7-4-8-23(33)16-29-12-11-22/h1-3,5-6,9-10,13-15,22-23,26,29H,4,7-8,11-12,16-18H2/t22-,23+,26+/m0/s1. The van der Waals surface area contributed by atoms with Crippen LogP contribution in [0.1, 0.15) is 43.1 Å². The van der Waals surface area contributed by atoms with Crippen LogP contribution >= 0.6 is 0 Å². The zero-order valence-electron chi connectivity index (χ0n) is 19.8. The van der Waals surface area contributed by atoms with Crippen molar-refractivity contribution in [3.05, 3.63) is 72.3 Å². The van der Waals surface area contributed by atoms with Crippen molar-refractivity contribution in [1.29, 1.82) is 0 Å². The van der Waals surface area contributed by atoms with Crippen molar-refractivity contribution in [1.82, 2.24) is 24.8 Å². The molecule has 35 heavy (non-hydrogen) atoms. The summed E-state index contributed by atoms with van der Waals surface area (Å²) in [5.41, 5.74) is 5.52. The van der Waals surface area contributed by atoms with E-state index in [9.17, 15) is 0 Å². The van der Waals surface area contributed by atoms with Crippen molar-refractivity contribution in [3.8, 4) is 11.1 Å². The van der Waals surface area contributed by atoms with Gasteiger partial charge in [0.15, 0.2) is 0 Å². The first-order valence-corrected chi connectivity index (χ1v) is 12.8. The number of piperidine rings is 1. The van der Waals surface area contributed by atoms with Gasteiger partial charge in [-0.3, -0.25) is 0 Å². The Balaban J connectivity index is 1.24. The van der Waals surface area contributed by atoms with Gasteiger partial charge in [-0.05, 0) is 55.5 Å². The number of rotatable bonds is 3. The third-order valence-corrected chi connectivity index (χ3v) is 7.86. The smallest absolute Gasteiger partial charge is 0.225 e. The fourth-order valence-electron chi connectivity index (χ4n) is 6.15. The maximum absolute atomic E-state index is 5.91. The number of hydrogen-bond acceptors (Lipinski definition) is 6. The molecule has 0 amide bonds. The minimum absolute atomic E-state index is 0.120. The zero-order valence-corrected chi connectivity index (χ0v) is 19.8.